The Kier molecular flexibility index (Phi) is 3.91. The van der Waals surface area contributed by atoms with E-state index in [-0.39, 0.29) is 37.2 Å². The van der Waals surface area contributed by atoms with Gasteiger partial charge in [0.05, 0.1) is 0 Å². The number of carbonyl (C=O) groups excluding carboxylic acids is 1. The predicted octanol–water partition coefficient (Wildman–Crippen LogP) is 1.94. The van der Waals surface area contributed by atoms with E-state index in [2.05, 4.69) is 15.3 Å². The Balaban J connectivity index is 2.04. The molecule has 2 rings (SSSR count). The zero-order chi connectivity index (χ0) is 14.8. The van der Waals surface area contributed by atoms with Gasteiger partial charge < -0.3 is 10.4 Å². The average molecular weight is 285 g/mol. The second kappa shape index (κ2) is 5.48. The van der Waals surface area contributed by atoms with E-state index in [9.17, 15) is 18.4 Å². The number of rotatable bonds is 3. The first-order valence-corrected chi connectivity index (χ1v) is 6.12. The first-order valence-electron chi connectivity index (χ1n) is 6.12. The lowest BCUT2D eigenvalue weighted by atomic mass is 9.86. The second-order valence-electron chi connectivity index (χ2n) is 4.68. The molecule has 0 radical (unpaired) electrons. The molecule has 6 nitrogen and oxygen atoms in total. The summed E-state index contributed by atoms with van der Waals surface area (Å²) in [5.41, 5.74) is -0.373. The fourth-order valence-corrected chi connectivity index (χ4v) is 2.11. The quantitative estimate of drug-likeness (QED) is 0.885. The summed E-state index contributed by atoms with van der Waals surface area (Å²) in [4.78, 5) is 30.2. The molecular weight excluding hydrogens is 272 g/mol. The Labute approximate surface area is 113 Å². The molecular formula is C12H13F2N3O3. The largest absolute Gasteiger partial charge is 0.476 e. The first kappa shape index (κ1) is 14.3. The van der Waals surface area contributed by atoms with Crippen LogP contribution in [0.4, 0.5) is 14.6 Å². The van der Waals surface area contributed by atoms with E-state index < -0.39 is 23.7 Å². The van der Waals surface area contributed by atoms with Gasteiger partial charge in [0, 0.05) is 31.2 Å². The van der Waals surface area contributed by atoms with E-state index in [1.54, 1.807) is 0 Å². The number of carboxylic acids is 1. The lowest BCUT2D eigenvalue weighted by Gasteiger charge is -2.27. The maximum absolute atomic E-state index is 13.0. The maximum atomic E-state index is 13.0. The number of amides is 1. The van der Waals surface area contributed by atoms with Crippen LogP contribution in [0.2, 0.25) is 0 Å². The molecule has 0 aromatic carbocycles. The monoisotopic (exact) mass is 285 g/mol. The van der Waals surface area contributed by atoms with Crippen molar-refractivity contribution in [2.45, 2.75) is 31.6 Å². The normalized spacial score (nSPS) is 18.5. The number of carbonyl (C=O) groups is 2. The summed E-state index contributed by atoms with van der Waals surface area (Å²) in [5, 5.41) is 11.3. The Morgan fingerprint density at radius 1 is 1.25 bits per heavy atom. The Morgan fingerprint density at radius 3 is 2.45 bits per heavy atom. The van der Waals surface area contributed by atoms with Crippen LogP contribution in [0.3, 0.4) is 0 Å². The van der Waals surface area contributed by atoms with E-state index in [4.69, 9.17) is 5.11 Å². The van der Waals surface area contributed by atoms with Crippen molar-refractivity contribution in [3.05, 3.63) is 18.1 Å². The van der Waals surface area contributed by atoms with Crippen molar-refractivity contribution >= 4 is 17.7 Å². The number of halogens is 2. The highest BCUT2D eigenvalue weighted by atomic mass is 19.3. The van der Waals surface area contributed by atoms with Gasteiger partial charge in [-0.15, -0.1) is 0 Å². The van der Waals surface area contributed by atoms with Crippen molar-refractivity contribution in [1.82, 2.24) is 9.97 Å². The number of aromatic nitrogens is 2. The molecule has 8 heteroatoms. The minimum atomic E-state index is -2.71. The minimum Gasteiger partial charge on any atom is -0.476 e. The summed E-state index contributed by atoms with van der Waals surface area (Å²) in [7, 11) is 0. The summed E-state index contributed by atoms with van der Waals surface area (Å²) in [6.45, 7) is 0. The van der Waals surface area contributed by atoms with Gasteiger partial charge in [-0.05, 0) is 12.8 Å². The lowest BCUT2D eigenvalue weighted by molar-refractivity contribution is -0.124. The van der Waals surface area contributed by atoms with Crippen molar-refractivity contribution in [3.63, 3.8) is 0 Å². The van der Waals surface area contributed by atoms with Crippen LogP contribution >= 0.6 is 0 Å². The van der Waals surface area contributed by atoms with Crippen molar-refractivity contribution in [2.75, 3.05) is 5.32 Å². The number of aromatic carboxylic acids is 1. The van der Waals surface area contributed by atoms with E-state index in [0.29, 0.717) is 0 Å². The zero-order valence-electron chi connectivity index (χ0n) is 10.5. The topological polar surface area (TPSA) is 92.2 Å². The predicted molar refractivity (Wildman–Crippen MR) is 64.5 cm³/mol. The second-order valence-corrected chi connectivity index (χ2v) is 4.68. The van der Waals surface area contributed by atoms with Crippen molar-refractivity contribution in [3.8, 4) is 0 Å². The smallest absolute Gasteiger partial charge is 0.358 e. The molecule has 0 spiro atoms. The number of hydrogen-bond acceptors (Lipinski definition) is 4. The van der Waals surface area contributed by atoms with Gasteiger partial charge in [0.1, 0.15) is 0 Å². The van der Waals surface area contributed by atoms with Crippen molar-refractivity contribution in [2.24, 2.45) is 5.92 Å². The molecule has 1 heterocycles. The summed E-state index contributed by atoms with van der Waals surface area (Å²) in [6, 6.07) is 0. The van der Waals surface area contributed by atoms with Crippen LogP contribution < -0.4 is 5.32 Å². The Bertz CT molecular complexity index is 526. The summed E-state index contributed by atoms with van der Waals surface area (Å²) < 4.78 is 26.0. The van der Waals surface area contributed by atoms with Crippen LogP contribution in [0.1, 0.15) is 36.2 Å². The van der Waals surface area contributed by atoms with Crippen LogP contribution in [0, 0.1) is 5.92 Å². The molecule has 0 bridgehead atoms. The molecule has 0 atom stereocenters. The number of alkyl halides is 2. The van der Waals surface area contributed by atoms with Crippen LogP contribution in [-0.2, 0) is 4.79 Å². The molecule has 0 saturated heterocycles. The van der Waals surface area contributed by atoms with Crippen LogP contribution in [0.15, 0.2) is 12.4 Å². The number of nitrogens with zero attached hydrogens (tertiary/aromatic N) is 2. The average Bonchev–Trinajstić information content (AvgIpc) is 2.38. The third kappa shape index (κ3) is 3.25. The maximum Gasteiger partial charge on any atom is 0.358 e. The Hall–Kier alpha value is -2.12. The molecule has 0 aliphatic heterocycles. The van der Waals surface area contributed by atoms with Gasteiger partial charge in [0.15, 0.2) is 11.5 Å². The van der Waals surface area contributed by atoms with Gasteiger partial charge in [-0.1, -0.05) is 0 Å². The lowest BCUT2D eigenvalue weighted by Crippen LogP contribution is -2.32. The van der Waals surface area contributed by atoms with Crippen LogP contribution in [-0.4, -0.2) is 32.9 Å². The molecule has 0 unspecified atom stereocenters. The fraction of sp³-hybridized carbons (Fsp3) is 0.500. The number of nitrogens with one attached hydrogen (secondary N) is 1. The Morgan fingerprint density at radius 2 is 1.85 bits per heavy atom. The highest BCUT2D eigenvalue weighted by molar-refractivity contribution is 5.98. The number of hydrogen-bond donors (Lipinski definition) is 2. The summed E-state index contributed by atoms with van der Waals surface area (Å²) in [5.74, 6) is -5.25. The molecule has 1 aliphatic rings. The van der Waals surface area contributed by atoms with Gasteiger partial charge in [-0.25, -0.2) is 23.5 Å². The third-order valence-electron chi connectivity index (χ3n) is 3.23. The van der Waals surface area contributed by atoms with Gasteiger partial charge in [0.25, 0.3) is 0 Å². The van der Waals surface area contributed by atoms with E-state index >= 15 is 0 Å². The molecule has 1 aliphatic carbocycles. The molecule has 1 saturated carbocycles. The highest BCUT2D eigenvalue weighted by Crippen LogP contribution is 2.36. The van der Waals surface area contributed by atoms with Gasteiger partial charge in [-0.2, -0.15) is 0 Å². The summed E-state index contributed by atoms with van der Waals surface area (Å²) in [6.07, 6.45) is 1.91. The number of carboxylic acid groups (broad SMARTS) is 1. The zero-order valence-corrected chi connectivity index (χ0v) is 10.5. The van der Waals surface area contributed by atoms with E-state index in [0.717, 1.165) is 0 Å². The molecule has 1 fully saturated rings. The highest BCUT2D eigenvalue weighted by Gasteiger charge is 2.37. The SMILES string of the molecule is O=C(O)c1nccnc1NC(=O)C1CCC(F)(F)CC1. The molecule has 1 amide bonds. The van der Waals surface area contributed by atoms with Crippen molar-refractivity contribution < 1.29 is 23.5 Å². The molecule has 20 heavy (non-hydrogen) atoms. The van der Waals surface area contributed by atoms with E-state index in [1.807, 2.05) is 0 Å². The third-order valence-corrected chi connectivity index (χ3v) is 3.23. The fourth-order valence-electron chi connectivity index (χ4n) is 2.11. The molecule has 1 aromatic rings. The minimum absolute atomic E-state index is 0.0709. The molecule has 1 aromatic heterocycles. The van der Waals surface area contributed by atoms with Gasteiger partial charge in [0.2, 0.25) is 11.8 Å². The number of anilines is 1. The van der Waals surface area contributed by atoms with Gasteiger partial charge in [-0.3, -0.25) is 4.79 Å². The van der Waals surface area contributed by atoms with Crippen molar-refractivity contribution in [1.29, 1.82) is 0 Å². The van der Waals surface area contributed by atoms with E-state index in [1.165, 1.54) is 12.4 Å². The van der Waals surface area contributed by atoms with Gasteiger partial charge >= 0.3 is 5.97 Å². The molecule has 108 valence electrons. The van der Waals surface area contributed by atoms with Crippen LogP contribution in [0.5, 0.6) is 0 Å². The molecule has 2 N–H and O–H groups in total. The van der Waals surface area contributed by atoms with Crippen LogP contribution in [0.25, 0.3) is 0 Å². The first-order chi connectivity index (χ1) is 9.39. The summed E-state index contributed by atoms with van der Waals surface area (Å²) >= 11 is 0. The standard InChI is InChI=1S/C12H13F2N3O3/c13-12(14)3-1-7(2-4-12)10(18)17-9-8(11(19)20)15-5-6-16-9/h5-7H,1-4H2,(H,19,20)(H,16,17,18).